The molecule has 0 bridgehead atoms. The quantitative estimate of drug-likeness (QED) is 0.778. The van der Waals surface area contributed by atoms with Crippen LogP contribution >= 0.6 is 7.92 Å². The second kappa shape index (κ2) is 4.42. The molecule has 0 saturated carbocycles. The van der Waals surface area contributed by atoms with E-state index in [-0.39, 0.29) is 7.92 Å². The Hall–Kier alpha value is -1.47. The fourth-order valence-electron chi connectivity index (χ4n) is 2.22. The van der Waals surface area contributed by atoms with Crippen molar-refractivity contribution < 1.29 is 0 Å². The number of benzene rings is 1. The minimum atomic E-state index is -0.130. The minimum absolute atomic E-state index is 0.130. The Labute approximate surface area is 102 Å². The summed E-state index contributed by atoms with van der Waals surface area (Å²) in [5.41, 5.74) is 8.26. The van der Waals surface area contributed by atoms with Crippen LogP contribution in [0.3, 0.4) is 0 Å². The van der Waals surface area contributed by atoms with Crippen LogP contribution in [0.4, 0.5) is 5.82 Å². The van der Waals surface area contributed by atoms with E-state index in [1.165, 1.54) is 17.0 Å². The highest BCUT2D eigenvalue weighted by Gasteiger charge is 2.22. The smallest absolute Gasteiger partial charge is 0.130 e. The number of anilines is 1. The third-order valence-corrected chi connectivity index (χ3v) is 5.65. The molecule has 3 nitrogen and oxygen atoms in total. The van der Waals surface area contributed by atoms with Gasteiger partial charge in [-0.05, 0) is 17.9 Å². The van der Waals surface area contributed by atoms with Crippen molar-refractivity contribution >= 4 is 19.0 Å². The van der Waals surface area contributed by atoms with E-state index in [1.807, 2.05) is 0 Å². The molecule has 0 saturated heterocycles. The van der Waals surface area contributed by atoms with Crippen molar-refractivity contribution in [2.24, 2.45) is 0 Å². The first-order valence-corrected chi connectivity index (χ1v) is 7.44. The van der Waals surface area contributed by atoms with Crippen molar-refractivity contribution in [2.45, 2.75) is 12.6 Å². The molecular weight excluding hydrogens is 229 g/mol. The second-order valence-electron chi connectivity index (χ2n) is 4.19. The number of aryl methyl sites for hydroxylation is 1. The fourth-order valence-corrected chi connectivity index (χ4v) is 4.62. The monoisotopic (exact) mass is 243 g/mol. The summed E-state index contributed by atoms with van der Waals surface area (Å²) in [6.45, 7) is 0. The van der Waals surface area contributed by atoms with Gasteiger partial charge in [-0.25, -0.2) is 9.97 Å². The number of hydrogen-bond donors (Lipinski definition) is 1. The van der Waals surface area contributed by atoms with Crippen LogP contribution in [0.1, 0.15) is 11.3 Å². The predicted molar refractivity (Wildman–Crippen MR) is 71.7 cm³/mol. The summed E-state index contributed by atoms with van der Waals surface area (Å²) in [5, 5.41) is 1.46. The van der Waals surface area contributed by atoms with Crippen LogP contribution < -0.4 is 11.0 Å². The maximum Gasteiger partial charge on any atom is 0.130 e. The van der Waals surface area contributed by atoms with Gasteiger partial charge in [0.05, 0.1) is 0 Å². The van der Waals surface area contributed by atoms with Gasteiger partial charge in [-0.3, -0.25) is 0 Å². The minimum Gasteiger partial charge on any atom is -0.383 e. The zero-order chi connectivity index (χ0) is 11.7. The Balaban J connectivity index is 1.93. The van der Waals surface area contributed by atoms with Gasteiger partial charge >= 0.3 is 0 Å². The summed E-state index contributed by atoms with van der Waals surface area (Å²) in [6.07, 6.45) is 4.84. The first-order chi connectivity index (χ1) is 8.34. The van der Waals surface area contributed by atoms with E-state index in [0.717, 1.165) is 18.3 Å². The molecule has 0 amide bonds. The van der Waals surface area contributed by atoms with Crippen LogP contribution in [-0.2, 0) is 12.6 Å². The Morgan fingerprint density at radius 3 is 2.76 bits per heavy atom. The topological polar surface area (TPSA) is 51.8 Å². The van der Waals surface area contributed by atoms with Crippen LogP contribution in [-0.4, -0.2) is 16.1 Å². The lowest BCUT2D eigenvalue weighted by molar-refractivity contribution is 0.951. The van der Waals surface area contributed by atoms with Crippen molar-refractivity contribution in [3.8, 4) is 0 Å². The zero-order valence-electron chi connectivity index (χ0n) is 9.50. The van der Waals surface area contributed by atoms with Gasteiger partial charge in [-0.2, -0.15) is 0 Å². The van der Waals surface area contributed by atoms with Gasteiger partial charge in [0.25, 0.3) is 0 Å². The number of rotatable bonds is 1. The lowest BCUT2D eigenvalue weighted by Crippen LogP contribution is -2.16. The van der Waals surface area contributed by atoms with E-state index >= 15 is 0 Å². The maximum atomic E-state index is 5.94. The second-order valence-corrected chi connectivity index (χ2v) is 6.55. The Morgan fingerprint density at radius 1 is 1.12 bits per heavy atom. The molecule has 1 aliphatic rings. The molecule has 3 rings (SSSR count). The van der Waals surface area contributed by atoms with Crippen LogP contribution in [0.5, 0.6) is 0 Å². The Bertz CT molecular complexity index is 527. The molecule has 0 aliphatic carbocycles. The van der Waals surface area contributed by atoms with Gasteiger partial charge in [0.15, 0.2) is 0 Å². The molecule has 0 spiro atoms. The molecular formula is C13H14N3P. The van der Waals surface area contributed by atoms with Gasteiger partial charge in [0.2, 0.25) is 0 Å². The molecule has 4 heteroatoms. The summed E-state index contributed by atoms with van der Waals surface area (Å²) in [6, 6.07) is 10.7. The number of hydrogen-bond acceptors (Lipinski definition) is 3. The summed E-state index contributed by atoms with van der Waals surface area (Å²) >= 11 is 0. The molecule has 2 N–H and O–H groups in total. The van der Waals surface area contributed by atoms with Crippen LogP contribution in [0.15, 0.2) is 36.7 Å². The fraction of sp³-hybridized carbons (Fsp3) is 0.231. The number of fused-ring (bicyclic) bond motifs is 1. The molecule has 0 radical (unpaired) electrons. The molecule has 1 unspecified atom stereocenters. The maximum absolute atomic E-state index is 5.94. The van der Waals surface area contributed by atoms with Gasteiger partial charge in [0.1, 0.15) is 12.1 Å². The van der Waals surface area contributed by atoms with Gasteiger partial charge in [-0.1, -0.05) is 38.3 Å². The molecule has 17 heavy (non-hydrogen) atoms. The number of nitrogens with two attached hydrogens (primary N) is 1. The van der Waals surface area contributed by atoms with Crippen LogP contribution in [0.2, 0.25) is 0 Å². The molecule has 0 fully saturated rings. The molecule has 1 aromatic carbocycles. The molecule has 1 aliphatic heterocycles. The SMILES string of the molecule is Nc1ncnc2c1CP(c1ccccc1)CC2. The van der Waals surface area contributed by atoms with Crippen molar-refractivity contribution in [2.75, 3.05) is 11.9 Å². The van der Waals surface area contributed by atoms with E-state index < -0.39 is 0 Å². The average molecular weight is 243 g/mol. The third-order valence-electron chi connectivity index (χ3n) is 3.16. The van der Waals surface area contributed by atoms with Crippen molar-refractivity contribution in [1.82, 2.24) is 9.97 Å². The van der Waals surface area contributed by atoms with E-state index in [4.69, 9.17) is 5.73 Å². The van der Waals surface area contributed by atoms with Gasteiger partial charge in [-0.15, -0.1) is 0 Å². The molecule has 2 heterocycles. The summed E-state index contributed by atoms with van der Waals surface area (Å²) in [4.78, 5) is 8.43. The van der Waals surface area contributed by atoms with Crippen molar-refractivity contribution in [1.29, 1.82) is 0 Å². The number of aromatic nitrogens is 2. The van der Waals surface area contributed by atoms with E-state index in [9.17, 15) is 0 Å². The van der Waals surface area contributed by atoms with Crippen LogP contribution in [0.25, 0.3) is 0 Å². The summed E-state index contributed by atoms with van der Waals surface area (Å²) in [5.74, 6) is 0.665. The molecule has 86 valence electrons. The van der Waals surface area contributed by atoms with E-state index in [0.29, 0.717) is 5.82 Å². The van der Waals surface area contributed by atoms with Crippen LogP contribution in [0, 0.1) is 0 Å². The normalized spacial score (nSPS) is 18.7. The molecule has 1 atom stereocenters. The number of nitrogen functional groups attached to an aromatic ring is 1. The summed E-state index contributed by atoms with van der Waals surface area (Å²) in [7, 11) is -0.130. The molecule has 2 aromatic rings. The van der Waals surface area contributed by atoms with Crippen molar-refractivity contribution in [3.63, 3.8) is 0 Å². The van der Waals surface area contributed by atoms with Gasteiger partial charge in [0, 0.05) is 17.4 Å². The summed E-state index contributed by atoms with van der Waals surface area (Å²) < 4.78 is 0. The lowest BCUT2D eigenvalue weighted by atomic mass is 10.2. The zero-order valence-corrected chi connectivity index (χ0v) is 10.4. The average Bonchev–Trinajstić information content (AvgIpc) is 2.40. The largest absolute Gasteiger partial charge is 0.383 e. The highest BCUT2D eigenvalue weighted by atomic mass is 31.1. The lowest BCUT2D eigenvalue weighted by Gasteiger charge is -2.25. The highest BCUT2D eigenvalue weighted by molar-refractivity contribution is 7.64. The van der Waals surface area contributed by atoms with E-state index in [1.54, 1.807) is 6.33 Å². The van der Waals surface area contributed by atoms with E-state index in [2.05, 4.69) is 40.3 Å². The highest BCUT2D eigenvalue weighted by Crippen LogP contribution is 2.44. The third kappa shape index (κ3) is 2.03. The molecule has 1 aromatic heterocycles. The Kier molecular flexibility index (Phi) is 2.77. The number of nitrogens with zero attached hydrogens (tertiary/aromatic N) is 2. The van der Waals surface area contributed by atoms with Gasteiger partial charge < -0.3 is 5.73 Å². The first kappa shape index (κ1) is 10.7. The standard InChI is InChI=1S/C13H14N3P/c14-13-11-8-17(10-4-2-1-3-5-10)7-6-12(11)15-9-16-13/h1-5,9H,6-8H2,(H2,14,15,16). The first-order valence-electron chi connectivity index (χ1n) is 5.73. The van der Waals surface area contributed by atoms with Crippen molar-refractivity contribution in [3.05, 3.63) is 47.9 Å². The Morgan fingerprint density at radius 2 is 1.94 bits per heavy atom. The predicted octanol–water partition coefficient (Wildman–Crippen LogP) is 1.92.